The van der Waals surface area contributed by atoms with E-state index in [2.05, 4.69) is 5.32 Å². The summed E-state index contributed by atoms with van der Waals surface area (Å²) in [5.74, 6) is -0.111. The van der Waals surface area contributed by atoms with Crippen LogP contribution in [0.3, 0.4) is 0 Å². The van der Waals surface area contributed by atoms with Crippen molar-refractivity contribution < 1.29 is 0 Å². The summed E-state index contributed by atoms with van der Waals surface area (Å²) >= 11 is 0. The first-order chi connectivity index (χ1) is 4.36. The average Bonchev–Trinajstić information content (AvgIpc) is 2.34. The lowest BCUT2D eigenvalue weighted by Crippen LogP contribution is -2.09. The molecular formula is C6H5N3. The molecule has 0 radical (unpaired) electrons. The van der Waals surface area contributed by atoms with E-state index in [0.29, 0.717) is 12.2 Å². The van der Waals surface area contributed by atoms with Crippen molar-refractivity contribution in [1.82, 2.24) is 5.32 Å². The predicted molar refractivity (Wildman–Crippen MR) is 30.8 cm³/mol. The Morgan fingerprint density at radius 2 is 2.44 bits per heavy atom. The van der Waals surface area contributed by atoms with Crippen LogP contribution in [-0.4, -0.2) is 6.54 Å². The zero-order valence-corrected chi connectivity index (χ0v) is 4.76. The van der Waals surface area contributed by atoms with Gasteiger partial charge in [0.2, 0.25) is 0 Å². The molecule has 3 heteroatoms. The maximum Gasteiger partial charge on any atom is 0.117 e. The van der Waals surface area contributed by atoms with E-state index in [1.807, 2.05) is 12.1 Å². The molecule has 0 aromatic heterocycles. The molecule has 0 spiro atoms. The van der Waals surface area contributed by atoms with E-state index in [1.54, 1.807) is 6.08 Å². The minimum Gasteiger partial charge on any atom is -0.375 e. The third kappa shape index (κ3) is 1.00. The molecule has 0 aliphatic carbocycles. The van der Waals surface area contributed by atoms with Gasteiger partial charge in [-0.2, -0.15) is 10.5 Å². The molecule has 1 heterocycles. The molecule has 0 amide bonds. The average molecular weight is 119 g/mol. The summed E-state index contributed by atoms with van der Waals surface area (Å²) in [6.45, 7) is 0.583. The molecular weight excluding hydrogens is 114 g/mol. The molecule has 3 nitrogen and oxygen atoms in total. The summed E-state index contributed by atoms with van der Waals surface area (Å²) in [4.78, 5) is 0. The van der Waals surface area contributed by atoms with Crippen molar-refractivity contribution in [3.63, 3.8) is 0 Å². The van der Waals surface area contributed by atoms with Gasteiger partial charge in [0, 0.05) is 6.54 Å². The molecule has 1 atom stereocenters. The van der Waals surface area contributed by atoms with Gasteiger partial charge in [-0.15, -0.1) is 0 Å². The molecule has 0 fully saturated rings. The van der Waals surface area contributed by atoms with Crippen LogP contribution in [-0.2, 0) is 0 Å². The predicted octanol–water partition coefficient (Wildman–Crippen LogP) is 0.137. The second kappa shape index (κ2) is 2.19. The van der Waals surface area contributed by atoms with Crippen LogP contribution in [0.5, 0.6) is 0 Å². The third-order valence-corrected chi connectivity index (χ3v) is 1.17. The van der Waals surface area contributed by atoms with Gasteiger partial charge in [-0.3, -0.25) is 0 Å². The van der Waals surface area contributed by atoms with Gasteiger partial charge in [0.25, 0.3) is 0 Å². The van der Waals surface area contributed by atoms with E-state index in [0.717, 1.165) is 0 Å². The SMILES string of the molecule is N#CC1=CC(C#N)CN1. The molecule has 1 unspecified atom stereocenters. The summed E-state index contributed by atoms with van der Waals surface area (Å²) < 4.78 is 0. The van der Waals surface area contributed by atoms with Crippen LogP contribution in [0.15, 0.2) is 11.8 Å². The number of hydrogen-bond donors (Lipinski definition) is 1. The molecule has 44 valence electrons. The Labute approximate surface area is 53.2 Å². The zero-order valence-electron chi connectivity index (χ0n) is 4.76. The van der Waals surface area contributed by atoms with Crippen LogP contribution in [0.1, 0.15) is 0 Å². The highest BCUT2D eigenvalue weighted by molar-refractivity contribution is 5.26. The van der Waals surface area contributed by atoms with Crippen molar-refractivity contribution in [1.29, 1.82) is 10.5 Å². The summed E-state index contributed by atoms with van der Waals surface area (Å²) in [7, 11) is 0. The summed E-state index contributed by atoms with van der Waals surface area (Å²) in [6.07, 6.45) is 1.64. The minimum atomic E-state index is -0.111. The molecule has 1 aliphatic heterocycles. The standard InChI is InChI=1S/C6H5N3/c7-2-5-1-6(3-8)9-4-5/h1,5,9H,4H2. The van der Waals surface area contributed by atoms with Gasteiger partial charge < -0.3 is 5.32 Å². The van der Waals surface area contributed by atoms with E-state index < -0.39 is 0 Å². The van der Waals surface area contributed by atoms with Crippen LogP contribution in [0.2, 0.25) is 0 Å². The normalized spacial score (nSPS) is 23.3. The Bertz CT molecular complexity index is 215. The fourth-order valence-electron chi connectivity index (χ4n) is 0.699. The molecule has 0 saturated heterocycles. The number of hydrogen-bond acceptors (Lipinski definition) is 3. The Kier molecular flexibility index (Phi) is 1.38. The number of nitriles is 2. The topological polar surface area (TPSA) is 59.6 Å². The zero-order chi connectivity index (χ0) is 6.69. The lowest BCUT2D eigenvalue weighted by molar-refractivity contribution is 0.792. The van der Waals surface area contributed by atoms with Crippen molar-refractivity contribution >= 4 is 0 Å². The van der Waals surface area contributed by atoms with E-state index in [4.69, 9.17) is 10.5 Å². The van der Waals surface area contributed by atoms with Crippen molar-refractivity contribution in [2.24, 2.45) is 5.92 Å². The maximum atomic E-state index is 8.34. The first-order valence-corrected chi connectivity index (χ1v) is 2.62. The Morgan fingerprint density at radius 1 is 1.67 bits per heavy atom. The van der Waals surface area contributed by atoms with Crippen molar-refractivity contribution in [3.05, 3.63) is 11.8 Å². The van der Waals surface area contributed by atoms with Crippen LogP contribution in [0.25, 0.3) is 0 Å². The van der Waals surface area contributed by atoms with Crippen LogP contribution >= 0.6 is 0 Å². The molecule has 0 saturated carbocycles. The van der Waals surface area contributed by atoms with Gasteiger partial charge in [0.1, 0.15) is 11.8 Å². The van der Waals surface area contributed by atoms with Gasteiger partial charge in [-0.05, 0) is 6.08 Å². The minimum absolute atomic E-state index is 0.111. The second-order valence-corrected chi connectivity index (χ2v) is 1.81. The summed E-state index contributed by atoms with van der Waals surface area (Å²) in [5.41, 5.74) is 0.515. The fraction of sp³-hybridized carbons (Fsp3) is 0.333. The summed E-state index contributed by atoms with van der Waals surface area (Å²) in [5, 5.41) is 19.4. The van der Waals surface area contributed by atoms with E-state index in [9.17, 15) is 0 Å². The molecule has 1 rings (SSSR count). The van der Waals surface area contributed by atoms with Gasteiger partial charge in [-0.25, -0.2) is 0 Å². The molecule has 1 N–H and O–H groups in total. The first-order valence-electron chi connectivity index (χ1n) is 2.62. The quantitative estimate of drug-likeness (QED) is 0.493. The molecule has 0 bridgehead atoms. The Morgan fingerprint density at radius 3 is 2.78 bits per heavy atom. The van der Waals surface area contributed by atoms with Crippen LogP contribution in [0.4, 0.5) is 0 Å². The third-order valence-electron chi connectivity index (χ3n) is 1.17. The lowest BCUT2D eigenvalue weighted by atomic mass is 10.2. The van der Waals surface area contributed by atoms with Gasteiger partial charge in [0.05, 0.1) is 12.0 Å². The van der Waals surface area contributed by atoms with E-state index in [1.165, 1.54) is 0 Å². The highest BCUT2D eigenvalue weighted by Gasteiger charge is 2.12. The Hall–Kier alpha value is -1.48. The number of rotatable bonds is 0. The molecule has 9 heavy (non-hydrogen) atoms. The number of allylic oxidation sites excluding steroid dienone is 1. The Balaban J connectivity index is 2.66. The lowest BCUT2D eigenvalue weighted by Gasteiger charge is -1.90. The summed E-state index contributed by atoms with van der Waals surface area (Å²) in [6, 6.07) is 3.97. The number of nitrogens with zero attached hydrogens (tertiary/aromatic N) is 2. The highest BCUT2D eigenvalue weighted by Crippen LogP contribution is 2.06. The smallest absolute Gasteiger partial charge is 0.117 e. The maximum absolute atomic E-state index is 8.34. The second-order valence-electron chi connectivity index (χ2n) is 1.81. The fourth-order valence-corrected chi connectivity index (χ4v) is 0.699. The highest BCUT2D eigenvalue weighted by atomic mass is 14.9. The molecule has 0 aromatic rings. The largest absolute Gasteiger partial charge is 0.375 e. The van der Waals surface area contributed by atoms with Crippen molar-refractivity contribution in [2.75, 3.05) is 6.54 Å². The van der Waals surface area contributed by atoms with Crippen molar-refractivity contribution in [3.8, 4) is 12.1 Å². The van der Waals surface area contributed by atoms with Crippen LogP contribution < -0.4 is 5.32 Å². The monoisotopic (exact) mass is 119 g/mol. The number of nitrogens with one attached hydrogen (secondary N) is 1. The van der Waals surface area contributed by atoms with E-state index in [-0.39, 0.29) is 5.92 Å². The van der Waals surface area contributed by atoms with Gasteiger partial charge >= 0.3 is 0 Å². The van der Waals surface area contributed by atoms with Crippen LogP contribution in [0, 0.1) is 28.6 Å². The van der Waals surface area contributed by atoms with Crippen molar-refractivity contribution in [2.45, 2.75) is 0 Å². The first kappa shape index (κ1) is 5.65. The van der Waals surface area contributed by atoms with E-state index >= 15 is 0 Å². The molecule has 0 aromatic carbocycles. The molecule has 1 aliphatic rings. The van der Waals surface area contributed by atoms with Gasteiger partial charge in [0.15, 0.2) is 0 Å². The van der Waals surface area contributed by atoms with Gasteiger partial charge in [-0.1, -0.05) is 0 Å².